The van der Waals surface area contributed by atoms with Crippen LogP contribution in [-0.2, 0) is 20.1 Å². The number of guanidine groups is 1. The van der Waals surface area contributed by atoms with Crippen LogP contribution in [-0.4, -0.2) is 34.4 Å². The third-order valence-corrected chi connectivity index (χ3v) is 3.70. The molecule has 136 valence electrons. The van der Waals surface area contributed by atoms with Crippen LogP contribution in [0.25, 0.3) is 0 Å². The van der Waals surface area contributed by atoms with Crippen molar-refractivity contribution in [2.45, 2.75) is 33.5 Å². The van der Waals surface area contributed by atoms with Crippen LogP contribution in [0.4, 0.5) is 8.78 Å². The van der Waals surface area contributed by atoms with Crippen LogP contribution in [0.3, 0.4) is 0 Å². The molecule has 9 heteroatoms. The second-order valence-electron chi connectivity index (χ2n) is 5.49. The largest absolute Gasteiger partial charge is 0.434 e. The Morgan fingerprint density at radius 3 is 2.56 bits per heavy atom. The lowest BCUT2D eigenvalue weighted by Crippen LogP contribution is -2.37. The quantitative estimate of drug-likeness (QED) is 0.613. The highest BCUT2D eigenvalue weighted by Gasteiger charge is 2.11. The van der Waals surface area contributed by atoms with Crippen molar-refractivity contribution in [3.63, 3.8) is 0 Å². The molecule has 1 aromatic carbocycles. The summed E-state index contributed by atoms with van der Waals surface area (Å²) in [5, 5.41) is 14.2. The summed E-state index contributed by atoms with van der Waals surface area (Å²) in [5.41, 5.74) is 1.58. The third-order valence-electron chi connectivity index (χ3n) is 3.70. The molecule has 7 nitrogen and oxygen atoms in total. The molecule has 0 aliphatic rings. The minimum Gasteiger partial charge on any atom is -0.434 e. The van der Waals surface area contributed by atoms with Gasteiger partial charge >= 0.3 is 6.61 Å². The molecule has 0 amide bonds. The van der Waals surface area contributed by atoms with E-state index < -0.39 is 6.61 Å². The van der Waals surface area contributed by atoms with E-state index >= 15 is 0 Å². The fourth-order valence-electron chi connectivity index (χ4n) is 2.22. The summed E-state index contributed by atoms with van der Waals surface area (Å²) in [6, 6.07) is 5.06. The number of nitrogens with one attached hydrogen (secondary N) is 2. The molecule has 2 aromatic rings. The van der Waals surface area contributed by atoms with Crippen molar-refractivity contribution in [2.75, 3.05) is 7.05 Å². The fraction of sp³-hybridized carbons (Fsp3) is 0.438. The number of aliphatic imine (C=N–C) groups is 1. The molecule has 0 radical (unpaired) electrons. The maximum absolute atomic E-state index is 12.5. The van der Waals surface area contributed by atoms with E-state index in [4.69, 9.17) is 0 Å². The molecule has 1 aromatic heterocycles. The molecule has 0 spiro atoms. The van der Waals surface area contributed by atoms with Crippen molar-refractivity contribution in [1.29, 1.82) is 0 Å². The molecule has 0 saturated heterocycles. The summed E-state index contributed by atoms with van der Waals surface area (Å²) < 4.78 is 31.5. The van der Waals surface area contributed by atoms with Crippen molar-refractivity contribution in [2.24, 2.45) is 12.0 Å². The summed E-state index contributed by atoms with van der Waals surface area (Å²) >= 11 is 0. The highest BCUT2D eigenvalue weighted by Crippen LogP contribution is 2.21. The van der Waals surface area contributed by atoms with E-state index in [1.807, 2.05) is 25.5 Å². The van der Waals surface area contributed by atoms with Crippen molar-refractivity contribution in [1.82, 2.24) is 25.4 Å². The van der Waals surface area contributed by atoms with Gasteiger partial charge < -0.3 is 19.9 Å². The van der Waals surface area contributed by atoms with Crippen LogP contribution in [0.15, 0.2) is 23.2 Å². The van der Waals surface area contributed by atoms with Gasteiger partial charge in [-0.05, 0) is 19.9 Å². The summed E-state index contributed by atoms with van der Waals surface area (Å²) in [5.74, 6) is 2.24. The van der Waals surface area contributed by atoms with Gasteiger partial charge in [-0.2, -0.15) is 8.78 Å². The van der Waals surface area contributed by atoms with Crippen LogP contribution in [0, 0.1) is 13.8 Å². The molecule has 0 aliphatic heterocycles. The van der Waals surface area contributed by atoms with Crippen molar-refractivity contribution >= 4 is 5.96 Å². The van der Waals surface area contributed by atoms with E-state index in [-0.39, 0.29) is 5.75 Å². The molecule has 0 fully saturated rings. The molecular formula is C16H22F2N6O. The lowest BCUT2D eigenvalue weighted by molar-refractivity contribution is -0.0504. The molecular weight excluding hydrogens is 330 g/mol. The molecule has 2 rings (SSSR count). The SMILES string of the molecule is CN=C(NCc1cc(C)ccc1OC(F)F)NCc1nnc(C)n1C. The van der Waals surface area contributed by atoms with E-state index in [0.717, 1.165) is 17.2 Å². The molecule has 1 heterocycles. The number of halogens is 2. The average Bonchev–Trinajstić information content (AvgIpc) is 2.89. The first-order valence-corrected chi connectivity index (χ1v) is 7.74. The molecule has 0 atom stereocenters. The normalized spacial score (nSPS) is 11.7. The fourth-order valence-corrected chi connectivity index (χ4v) is 2.22. The second kappa shape index (κ2) is 8.41. The smallest absolute Gasteiger partial charge is 0.387 e. The van der Waals surface area contributed by atoms with Crippen molar-refractivity contribution in [3.8, 4) is 5.75 Å². The summed E-state index contributed by atoms with van der Waals surface area (Å²) in [6.45, 7) is 1.62. The van der Waals surface area contributed by atoms with E-state index in [2.05, 4.69) is 30.6 Å². The molecule has 25 heavy (non-hydrogen) atoms. The minimum absolute atomic E-state index is 0.146. The van der Waals surface area contributed by atoms with Gasteiger partial charge in [-0.1, -0.05) is 17.7 Å². The van der Waals surface area contributed by atoms with Crippen LogP contribution in [0.5, 0.6) is 5.75 Å². The first-order valence-electron chi connectivity index (χ1n) is 7.74. The number of aryl methyl sites for hydroxylation is 2. The first-order chi connectivity index (χ1) is 11.9. The van der Waals surface area contributed by atoms with Crippen LogP contribution >= 0.6 is 0 Å². The summed E-state index contributed by atoms with van der Waals surface area (Å²) in [7, 11) is 3.51. The zero-order chi connectivity index (χ0) is 18.4. The number of aromatic nitrogens is 3. The predicted octanol–water partition coefficient (Wildman–Crippen LogP) is 1.90. The van der Waals surface area contributed by atoms with Gasteiger partial charge in [0.1, 0.15) is 11.6 Å². The van der Waals surface area contributed by atoms with Gasteiger partial charge in [0.2, 0.25) is 0 Å². The Balaban J connectivity index is 1.98. The van der Waals surface area contributed by atoms with Gasteiger partial charge in [0, 0.05) is 26.2 Å². The monoisotopic (exact) mass is 352 g/mol. The number of nitrogens with zero attached hydrogens (tertiary/aromatic N) is 4. The molecule has 0 saturated carbocycles. The van der Waals surface area contributed by atoms with E-state index in [1.54, 1.807) is 19.2 Å². The minimum atomic E-state index is -2.86. The molecule has 0 aliphatic carbocycles. The zero-order valence-corrected chi connectivity index (χ0v) is 14.7. The highest BCUT2D eigenvalue weighted by atomic mass is 19.3. The lowest BCUT2D eigenvalue weighted by Gasteiger charge is -2.15. The molecule has 0 bridgehead atoms. The van der Waals surface area contributed by atoms with Crippen molar-refractivity contribution < 1.29 is 13.5 Å². The van der Waals surface area contributed by atoms with E-state index in [1.165, 1.54) is 6.07 Å². The van der Waals surface area contributed by atoms with Gasteiger partial charge in [0.25, 0.3) is 0 Å². The van der Waals surface area contributed by atoms with Gasteiger partial charge in [0.15, 0.2) is 11.8 Å². The predicted molar refractivity (Wildman–Crippen MR) is 90.6 cm³/mol. The van der Waals surface area contributed by atoms with E-state index in [0.29, 0.717) is 24.6 Å². The maximum Gasteiger partial charge on any atom is 0.387 e. The Bertz CT molecular complexity index is 744. The molecule has 0 unspecified atom stereocenters. The summed E-state index contributed by atoms with van der Waals surface area (Å²) in [6.07, 6.45) is 0. The Labute approximate surface area is 145 Å². The van der Waals surface area contributed by atoms with Crippen LogP contribution in [0.1, 0.15) is 22.8 Å². The third kappa shape index (κ3) is 5.13. The Hall–Kier alpha value is -2.71. The summed E-state index contributed by atoms with van der Waals surface area (Å²) in [4.78, 5) is 4.12. The Kier molecular flexibility index (Phi) is 6.26. The van der Waals surface area contributed by atoms with Crippen LogP contribution < -0.4 is 15.4 Å². The lowest BCUT2D eigenvalue weighted by atomic mass is 10.1. The first kappa shape index (κ1) is 18.6. The van der Waals surface area contributed by atoms with Crippen molar-refractivity contribution in [3.05, 3.63) is 41.0 Å². The maximum atomic E-state index is 12.5. The highest BCUT2D eigenvalue weighted by molar-refractivity contribution is 5.79. The average molecular weight is 352 g/mol. The number of ether oxygens (including phenoxy) is 1. The topological polar surface area (TPSA) is 76.4 Å². The Morgan fingerprint density at radius 1 is 1.24 bits per heavy atom. The molecule has 2 N–H and O–H groups in total. The number of hydrogen-bond acceptors (Lipinski definition) is 4. The van der Waals surface area contributed by atoms with Gasteiger partial charge in [-0.15, -0.1) is 10.2 Å². The number of alkyl halides is 2. The number of benzene rings is 1. The van der Waals surface area contributed by atoms with E-state index in [9.17, 15) is 8.78 Å². The Morgan fingerprint density at radius 2 is 1.96 bits per heavy atom. The standard InChI is InChI=1S/C16H22F2N6O/c1-10-5-6-13(25-15(17)18)12(7-10)8-20-16(19-3)21-9-14-23-22-11(2)24(14)4/h5-7,15H,8-9H2,1-4H3,(H2,19,20,21). The second-order valence-corrected chi connectivity index (χ2v) is 5.49. The van der Waals surface area contributed by atoms with Gasteiger partial charge in [-0.25, -0.2) is 0 Å². The zero-order valence-electron chi connectivity index (χ0n) is 14.7. The number of rotatable bonds is 6. The van der Waals surface area contributed by atoms with Gasteiger partial charge in [-0.3, -0.25) is 4.99 Å². The number of hydrogen-bond donors (Lipinski definition) is 2. The van der Waals surface area contributed by atoms with Crippen LogP contribution in [0.2, 0.25) is 0 Å². The van der Waals surface area contributed by atoms with Gasteiger partial charge in [0.05, 0.1) is 6.54 Å².